The number of hydrogen-bond acceptors (Lipinski definition) is 8. The first kappa shape index (κ1) is 73.6. The predicted molar refractivity (Wildman–Crippen MR) is 346 cm³/mol. The molecule has 5 rings (SSSR count). The van der Waals surface area contributed by atoms with Gasteiger partial charge in [0.25, 0.3) is 5.56 Å². The van der Waals surface area contributed by atoms with E-state index in [1.54, 1.807) is 11.1 Å². The molecule has 6 N–H and O–H groups in total. The van der Waals surface area contributed by atoms with Gasteiger partial charge in [0.2, 0.25) is 11.8 Å². The van der Waals surface area contributed by atoms with Gasteiger partial charge in [-0.25, -0.2) is 4.98 Å². The largest absolute Gasteiger partial charge is 0.385 e. The number of rotatable bonds is 0. The van der Waals surface area contributed by atoms with Crippen LogP contribution in [0.4, 0.5) is 0 Å². The Labute approximate surface area is 491 Å². The number of nitrogens with zero attached hydrogens (tertiary/aromatic N) is 2. The quantitative estimate of drug-likeness (QED) is 0.151. The van der Waals surface area contributed by atoms with Gasteiger partial charge in [0.05, 0.1) is 17.9 Å². The van der Waals surface area contributed by atoms with Crippen molar-refractivity contribution >= 4 is 17.5 Å². The number of aryl methyl sites for hydroxylation is 1. The van der Waals surface area contributed by atoms with Gasteiger partial charge in [0.15, 0.2) is 0 Å². The van der Waals surface area contributed by atoms with E-state index < -0.39 is 0 Å². The van der Waals surface area contributed by atoms with E-state index >= 15 is 0 Å². The maximum Gasteiger partial charge on any atom is 0.254 e. The number of carbonyl (C=O) groups excluding carboxylic acids is 2. The van der Waals surface area contributed by atoms with Crippen molar-refractivity contribution < 1.29 is 9.59 Å². The van der Waals surface area contributed by atoms with Gasteiger partial charge in [-0.2, -0.15) is 0 Å². The fraction of sp³-hybridized carbons (Fsp3) is 0.754. The highest BCUT2D eigenvalue weighted by atomic mass is 16.2. The average Bonchev–Trinajstić information content (AvgIpc) is 3.48. The summed E-state index contributed by atoms with van der Waals surface area (Å²) in [7, 11) is 0. The summed E-state index contributed by atoms with van der Waals surface area (Å²) in [5.41, 5.74) is 13.9. The van der Waals surface area contributed by atoms with E-state index in [1.807, 2.05) is 34.6 Å². The minimum atomic E-state index is -0.194. The summed E-state index contributed by atoms with van der Waals surface area (Å²) in [6, 6.07) is 0.901. The summed E-state index contributed by atoms with van der Waals surface area (Å²) in [6.07, 6.45) is 5.90. The third-order valence-electron chi connectivity index (χ3n) is 14.2. The van der Waals surface area contributed by atoms with E-state index in [4.69, 9.17) is 0 Å². The minimum absolute atomic E-state index is 0.00933. The topological polar surface area (TPSA) is 152 Å². The van der Waals surface area contributed by atoms with Crippen molar-refractivity contribution in [3.63, 3.8) is 0 Å². The van der Waals surface area contributed by atoms with Gasteiger partial charge >= 0.3 is 0 Å². The molecule has 80 heavy (non-hydrogen) atoms. The van der Waals surface area contributed by atoms with Crippen molar-refractivity contribution in [2.24, 2.45) is 48.3 Å². The number of amides is 2. The fourth-order valence-corrected chi connectivity index (χ4v) is 10.2. The van der Waals surface area contributed by atoms with Gasteiger partial charge in [-0.05, 0) is 92.1 Å². The second kappa shape index (κ2) is 26.4. The fourth-order valence-electron chi connectivity index (χ4n) is 10.2. The summed E-state index contributed by atoms with van der Waals surface area (Å²) in [5.74, 6) is 0.769. The molecule has 0 radical (unpaired) electrons. The summed E-state index contributed by atoms with van der Waals surface area (Å²) in [6.45, 7) is 76.7. The molecule has 458 valence electrons. The van der Waals surface area contributed by atoms with Gasteiger partial charge in [-0.15, -0.1) is 0 Å². The number of hydrogen-bond donors (Lipinski definition) is 6. The Balaban J connectivity index is 0.000000500. The number of aromatic amines is 1. The molecule has 0 fully saturated rings. The SMILES string of the molecule is CC1=CCC(C(C)(C)C)=C(C(C)(C)C)N1.CC1=NC(C(C)(C)C)=C(C(C)(C)C)C(=O)NC1.CC1CCC(C(C)(C)C)=C(C(C)(C)C)N1.CC1CNC(=O)C(C(C)(C)C)=C(C(C)(C)C)N1.Cc1nc(C(C)(C)C)c(C(C)(C)C)c(=O)[nH]1. The lowest BCUT2D eigenvalue weighted by atomic mass is 9.74. The van der Waals surface area contributed by atoms with E-state index in [9.17, 15) is 14.4 Å². The first-order valence-electron chi connectivity index (χ1n) is 30.0. The van der Waals surface area contributed by atoms with Crippen LogP contribution in [0.15, 0.2) is 66.6 Å². The normalized spacial score (nSPS) is 19.5. The number of H-pyrrole nitrogens is 1. The van der Waals surface area contributed by atoms with E-state index in [0.29, 0.717) is 30.4 Å². The molecule has 1 aromatic rings. The molecule has 0 aliphatic carbocycles. The lowest BCUT2D eigenvalue weighted by Gasteiger charge is -2.39. The Morgan fingerprint density at radius 3 is 1.32 bits per heavy atom. The van der Waals surface area contributed by atoms with Crippen LogP contribution in [0.2, 0.25) is 0 Å². The van der Waals surface area contributed by atoms with E-state index in [-0.39, 0.29) is 72.2 Å². The molecule has 2 atom stereocenters. The first-order valence-corrected chi connectivity index (χ1v) is 30.0. The highest BCUT2D eigenvalue weighted by Crippen LogP contribution is 2.43. The highest BCUT2D eigenvalue weighted by molar-refractivity contribution is 6.01. The first-order chi connectivity index (χ1) is 35.3. The van der Waals surface area contributed by atoms with Crippen LogP contribution in [0.25, 0.3) is 0 Å². The third-order valence-corrected chi connectivity index (χ3v) is 14.2. The number of allylic oxidation sites excluding steroid dienone is 8. The Bertz CT molecular complexity index is 2540. The Morgan fingerprint density at radius 2 is 0.925 bits per heavy atom. The van der Waals surface area contributed by atoms with Gasteiger partial charge in [0.1, 0.15) is 5.82 Å². The maximum atomic E-state index is 12.3. The van der Waals surface area contributed by atoms with Crippen LogP contribution in [-0.2, 0) is 20.4 Å². The monoisotopic (exact) mass is 1110 g/mol. The maximum absolute atomic E-state index is 12.3. The van der Waals surface area contributed by atoms with Crippen LogP contribution in [0.5, 0.6) is 0 Å². The zero-order valence-corrected chi connectivity index (χ0v) is 58.4. The predicted octanol–water partition coefficient (Wildman–Crippen LogP) is 16.4. The number of nitrogens with one attached hydrogen (secondary N) is 6. The summed E-state index contributed by atoms with van der Waals surface area (Å²) in [4.78, 5) is 48.5. The number of dihydropyridines is 1. The molecule has 4 aliphatic heterocycles. The molecule has 2 amide bonds. The van der Waals surface area contributed by atoms with Crippen LogP contribution in [0.3, 0.4) is 0 Å². The van der Waals surface area contributed by atoms with Crippen molar-refractivity contribution in [3.05, 3.63) is 84.3 Å². The zero-order chi connectivity index (χ0) is 63.3. The van der Waals surface area contributed by atoms with Gasteiger partial charge in [-0.1, -0.05) is 214 Å². The van der Waals surface area contributed by atoms with Crippen molar-refractivity contribution in [1.82, 2.24) is 36.6 Å². The zero-order valence-electron chi connectivity index (χ0n) is 58.4. The second-order valence-corrected chi connectivity index (χ2v) is 33.6. The number of carbonyl (C=O) groups is 2. The summed E-state index contributed by atoms with van der Waals surface area (Å²) >= 11 is 0. The van der Waals surface area contributed by atoms with Crippen molar-refractivity contribution in [2.45, 2.75) is 285 Å². The second-order valence-electron chi connectivity index (χ2n) is 33.6. The van der Waals surface area contributed by atoms with Crippen molar-refractivity contribution in [3.8, 4) is 0 Å². The van der Waals surface area contributed by atoms with E-state index in [1.165, 1.54) is 29.9 Å². The van der Waals surface area contributed by atoms with Crippen molar-refractivity contribution in [2.75, 3.05) is 13.1 Å². The summed E-state index contributed by atoms with van der Waals surface area (Å²) < 4.78 is 0. The highest BCUT2D eigenvalue weighted by Gasteiger charge is 2.37. The smallest absolute Gasteiger partial charge is 0.254 e. The van der Waals surface area contributed by atoms with E-state index in [0.717, 1.165) is 45.9 Å². The molecule has 4 aliphatic rings. The van der Waals surface area contributed by atoms with Crippen molar-refractivity contribution in [1.29, 1.82) is 0 Å². The average molecular weight is 1110 g/mol. The lowest BCUT2D eigenvalue weighted by Crippen LogP contribution is -2.39. The standard InChI is InChI=1S/C14H26N2O.C14H24N2O.C14H27N.C14H25N.C13H22N2O/c2*1-9-8-15-12(17)10(13(2,3)4)11(16-9)14(5,6)7;2*1-10-8-9-11(13(2,3)4)12(15-10)14(5,6)7;1-8-14-10(13(5,6)7)9(11(16)15-8)12(2,3)4/h9,16H,8H2,1-7H3,(H,15,17);8H2,1-7H3,(H,15,17);10,15H,8-9H2,1-7H3;8,15H,9H2,1-7H3;1-7H3,(H,14,15,16). The molecule has 11 heteroatoms. The third kappa shape index (κ3) is 22.4. The molecule has 1 aromatic heterocycles. The van der Waals surface area contributed by atoms with Crippen LogP contribution in [0, 0.1) is 50.2 Å². The number of aromatic nitrogens is 2. The van der Waals surface area contributed by atoms with Gasteiger partial charge in [0, 0.05) is 90.9 Å². The molecule has 11 nitrogen and oxygen atoms in total. The molecule has 0 saturated carbocycles. The molecule has 0 bridgehead atoms. The van der Waals surface area contributed by atoms with E-state index in [2.05, 4.69) is 255 Å². The summed E-state index contributed by atoms with van der Waals surface area (Å²) in [5, 5.41) is 16.7. The Kier molecular flexibility index (Phi) is 24.3. The molecular weight excluding hydrogens is 989 g/mol. The van der Waals surface area contributed by atoms with Gasteiger partial charge in [-0.3, -0.25) is 19.4 Å². The molecule has 0 aromatic carbocycles. The molecular formula is C69H124N8O3. The van der Waals surface area contributed by atoms with Crippen LogP contribution in [-0.4, -0.2) is 52.7 Å². The van der Waals surface area contributed by atoms with Gasteiger partial charge < -0.3 is 31.6 Å². The van der Waals surface area contributed by atoms with Crippen LogP contribution in [0.1, 0.15) is 272 Å². The van der Waals surface area contributed by atoms with Crippen LogP contribution >= 0.6 is 0 Å². The molecule has 5 heterocycles. The Hall–Kier alpha value is -4.41. The molecule has 0 saturated heterocycles. The number of aliphatic imine (C=N–C) groups is 1. The van der Waals surface area contributed by atoms with Crippen LogP contribution < -0.4 is 32.1 Å². The minimum Gasteiger partial charge on any atom is -0.385 e. The lowest BCUT2D eigenvalue weighted by molar-refractivity contribution is -0.119. The molecule has 2 unspecified atom stereocenters. The molecule has 0 spiro atoms. The Morgan fingerprint density at radius 1 is 0.475 bits per heavy atom.